The van der Waals surface area contributed by atoms with Crippen molar-refractivity contribution in [2.24, 2.45) is 0 Å². The van der Waals surface area contributed by atoms with Gasteiger partial charge in [-0.2, -0.15) is 0 Å². The van der Waals surface area contributed by atoms with Crippen molar-refractivity contribution in [2.45, 2.75) is 6.92 Å². The lowest BCUT2D eigenvalue weighted by Crippen LogP contribution is -2.19. The van der Waals surface area contributed by atoms with E-state index in [1.54, 1.807) is 6.07 Å². The van der Waals surface area contributed by atoms with Crippen molar-refractivity contribution in [3.05, 3.63) is 58.6 Å². The molecule has 0 unspecified atom stereocenters. The van der Waals surface area contributed by atoms with Crippen LogP contribution in [-0.4, -0.2) is 19.5 Å². The normalized spacial score (nSPS) is 10.2. The molecule has 2 aromatic rings. The summed E-state index contributed by atoms with van der Waals surface area (Å²) in [4.78, 5) is 14.4. The number of rotatable bonds is 4. The predicted octanol–water partition coefficient (Wildman–Crippen LogP) is 4.16. The highest BCUT2D eigenvalue weighted by Gasteiger charge is 2.10. The SMILES string of the molecule is CCN(C)c1ccccc1NC(=O)c1cccc(Br)c1. The standard InChI is InChI=1S/C16H17BrN2O/c1-3-19(2)15-10-5-4-9-14(15)18-16(20)12-7-6-8-13(17)11-12/h4-11H,3H2,1-2H3,(H,18,20). The largest absolute Gasteiger partial charge is 0.373 e. The lowest BCUT2D eigenvalue weighted by molar-refractivity contribution is 0.102. The monoisotopic (exact) mass is 332 g/mol. The minimum Gasteiger partial charge on any atom is -0.373 e. The molecule has 0 heterocycles. The number of hydrogen-bond donors (Lipinski definition) is 1. The summed E-state index contributed by atoms with van der Waals surface area (Å²) in [5, 5.41) is 2.97. The summed E-state index contributed by atoms with van der Waals surface area (Å²) in [6, 6.07) is 15.2. The summed E-state index contributed by atoms with van der Waals surface area (Å²) >= 11 is 3.38. The van der Waals surface area contributed by atoms with Crippen molar-refractivity contribution in [3.63, 3.8) is 0 Å². The number of halogens is 1. The van der Waals surface area contributed by atoms with Gasteiger partial charge in [0.2, 0.25) is 0 Å². The third-order valence-electron chi connectivity index (χ3n) is 3.12. The molecule has 0 spiro atoms. The Labute approximate surface area is 127 Å². The van der Waals surface area contributed by atoms with Crippen LogP contribution in [0.15, 0.2) is 53.0 Å². The summed E-state index contributed by atoms with van der Waals surface area (Å²) in [5.74, 6) is -0.108. The molecule has 0 bridgehead atoms. The Morgan fingerprint density at radius 1 is 1.20 bits per heavy atom. The van der Waals surface area contributed by atoms with Crippen LogP contribution in [0.25, 0.3) is 0 Å². The van der Waals surface area contributed by atoms with Gasteiger partial charge in [-0.15, -0.1) is 0 Å². The quantitative estimate of drug-likeness (QED) is 0.911. The van der Waals surface area contributed by atoms with E-state index in [-0.39, 0.29) is 5.91 Å². The maximum atomic E-state index is 12.3. The van der Waals surface area contributed by atoms with Crippen LogP contribution < -0.4 is 10.2 Å². The van der Waals surface area contributed by atoms with Crippen LogP contribution in [0, 0.1) is 0 Å². The average Bonchev–Trinajstić information content (AvgIpc) is 2.47. The van der Waals surface area contributed by atoms with Crippen molar-refractivity contribution >= 4 is 33.2 Å². The van der Waals surface area contributed by atoms with E-state index in [9.17, 15) is 4.79 Å². The molecule has 0 saturated carbocycles. The van der Waals surface area contributed by atoms with Crippen LogP contribution >= 0.6 is 15.9 Å². The fourth-order valence-corrected chi connectivity index (χ4v) is 2.31. The van der Waals surface area contributed by atoms with Gasteiger partial charge >= 0.3 is 0 Å². The summed E-state index contributed by atoms with van der Waals surface area (Å²) < 4.78 is 0.893. The highest BCUT2D eigenvalue weighted by Crippen LogP contribution is 2.25. The summed E-state index contributed by atoms with van der Waals surface area (Å²) in [6.07, 6.45) is 0. The Kier molecular flexibility index (Phi) is 4.79. The number of amides is 1. The molecule has 0 aliphatic carbocycles. The van der Waals surface area contributed by atoms with Gasteiger partial charge in [-0.25, -0.2) is 0 Å². The number of para-hydroxylation sites is 2. The molecule has 2 aromatic carbocycles. The molecule has 0 atom stereocenters. The number of nitrogens with one attached hydrogen (secondary N) is 1. The van der Waals surface area contributed by atoms with Crippen molar-refractivity contribution in [1.29, 1.82) is 0 Å². The lowest BCUT2D eigenvalue weighted by atomic mass is 10.2. The molecule has 0 aliphatic heterocycles. The van der Waals surface area contributed by atoms with Crippen LogP contribution in [0.5, 0.6) is 0 Å². The molecule has 0 aromatic heterocycles. The Balaban J connectivity index is 2.24. The van der Waals surface area contributed by atoms with E-state index >= 15 is 0 Å². The van der Waals surface area contributed by atoms with Crippen LogP contribution in [0.3, 0.4) is 0 Å². The fourth-order valence-electron chi connectivity index (χ4n) is 1.91. The number of hydrogen-bond acceptors (Lipinski definition) is 2. The Hall–Kier alpha value is -1.81. The highest BCUT2D eigenvalue weighted by atomic mass is 79.9. The first-order valence-corrected chi connectivity index (χ1v) is 7.28. The Morgan fingerprint density at radius 2 is 1.95 bits per heavy atom. The average molecular weight is 333 g/mol. The third kappa shape index (κ3) is 3.39. The zero-order chi connectivity index (χ0) is 14.5. The zero-order valence-electron chi connectivity index (χ0n) is 11.6. The maximum absolute atomic E-state index is 12.3. The Bertz CT molecular complexity index is 613. The van der Waals surface area contributed by atoms with E-state index in [0.717, 1.165) is 22.4 Å². The molecule has 1 N–H and O–H groups in total. The number of carbonyl (C=O) groups excluding carboxylic acids is 1. The molecule has 20 heavy (non-hydrogen) atoms. The van der Waals surface area contributed by atoms with E-state index < -0.39 is 0 Å². The van der Waals surface area contributed by atoms with Gasteiger partial charge < -0.3 is 10.2 Å². The van der Waals surface area contributed by atoms with Gasteiger partial charge in [-0.1, -0.05) is 34.1 Å². The van der Waals surface area contributed by atoms with Crippen LogP contribution in [0.2, 0.25) is 0 Å². The minimum atomic E-state index is -0.108. The first kappa shape index (κ1) is 14.6. The van der Waals surface area contributed by atoms with Gasteiger partial charge in [-0.05, 0) is 37.3 Å². The van der Waals surface area contributed by atoms with Crippen LogP contribution in [0.4, 0.5) is 11.4 Å². The second-order valence-electron chi connectivity index (χ2n) is 4.50. The van der Waals surface area contributed by atoms with Gasteiger partial charge in [0.05, 0.1) is 11.4 Å². The second-order valence-corrected chi connectivity index (χ2v) is 5.41. The summed E-state index contributed by atoms with van der Waals surface area (Å²) in [5.41, 5.74) is 2.47. The highest BCUT2D eigenvalue weighted by molar-refractivity contribution is 9.10. The van der Waals surface area contributed by atoms with E-state index in [4.69, 9.17) is 0 Å². The van der Waals surface area contributed by atoms with Crippen molar-refractivity contribution < 1.29 is 4.79 Å². The fraction of sp³-hybridized carbons (Fsp3) is 0.188. The molecular weight excluding hydrogens is 316 g/mol. The van der Waals surface area contributed by atoms with Crippen molar-refractivity contribution in [2.75, 3.05) is 23.8 Å². The molecular formula is C16H17BrN2O. The van der Waals surface area contributed by atoms with E-state index in [2.05, 4.69) is 33.1 Å². The van der Waals surface area contributed by atoms with Gasteiger partial charge in [-0.3, -0.25) is 4.79 Å². The number of carbonyl (C=O) groups is 1. The minimum absolute atomic E-state index is 0.108. The molecule has 104 valence electrons. The van der Waals surface area contributed by atoms with E-state index in [1.807, 2.05) is 49.5 Å². The van der Waals surface area contributed by atoms with Crippen LogP contribution in [0.1, 0.15) is 17.3 Å². The van der Waals surface area contributed by atoms with Crippen LogP contribution in [-0.2, 0) is 0 Å². The lowest BCUT2D eigenvalue weighted by Gasteiger charge is -2.20. The molecule has 0 saturated heterocycles. The number of anilines is 2. The van der Waals surface area contributed by atoms with Gasteiger partial charge in [0.1, 0.15) is 0 Å². The van der Waals surface area contributed by atoms with Crippen molar-refractivity contribution in [3.8, 4) is 0 Å². The first-order valence-electron chi connectivity index (χ1n) is 6.49. The molecule has 1 amide bonds. The zero-order valence-corrected chi connectivity index (χ0v) is 13.1. The topological polar surface area (TPSA) is 32.3 Å². The second kappa shape index (κ2) is 6.57. The summed E-state index contributed by atoms with van der Waals surface area (Å²) in [7, 11) is 2.00. The maximum Gasteiger partial charge on any atom is 0.255 e. The number of nitrogens with zero attached hydrogens (tertiary/aromatic N) is 1. The Morgan fingerprint density at radius 3 is 2.65 bits per heavy atom. The number of benzene rings is 2. The van der Waals surface area contributed by atoms with E-state index in [0.29, 0.717) is 5.56 Å². The van der Waals surface area contributed by atoms with Gasteiger partial charge in [0.25, 0.3) is 5.91 Å². The third-order valence-corrected chi connectivity index (χ3v) is 3.62. The molecule has 0 aliphatic rings. The molecule has 3 nitrogen and oxygen atoms in total. The summed E-state index contributed by atoms with van der Waals surface area (Å²) in [6.45, 7) is 2.96. The smallest absolute Gasteiger partial charge is 0.255 e. The van der Waals surface area contributed by atoms with Gasteiger partial charge in [0, 0.05) is 23.6 Å². The molecule has 2 rings (SSSR count). The molecule has 0 fully saturated rings. The van der Waals surface area contributed by atoms with Crippen molar-refractivity contribution in [1.82, 2.24) is 0 Å². The van der Waals surface area contributed by atoms with Gasteiger partial charge in [0.15, 0.2) is 0 Å². The first-order chi connectivity index (χ1) is 9.61. The molecule has 4 heteroatoms. The predicted molar refractivity (Wildman–Crippen MR) is 87.5 cm³/mol. The van der Waals surface area contributed by atoms with E-state index in [1.165, 1.54) is 0 Å². The molecule has 0 radical (unpaired) electrons.